The summed E-state index contributed by atoms with van der Waals surface area (Å²) in [4.78, 5) is 1.31. The van der Waals surface area contributed by atoms with Crippen LogP contribution in [-0.2, 0) is 23.1 Å². The van der Waals surface area contributed by atoms with E-state index < -0.39 is 16.1 Å². The molecule has 0 saturated carbocycles. The zero-order valence-corrected chi connectivity index (χ0v) is 21.7. The highest BCUT2D eigenvalue weighted by Crippen LogP contribution is 2.26. The number of nitrogens with zero attached hydrogens (tertiary/aromatic N) is 1. The fraction of sp³-hybridized carbons (Fsp3) is 0.200. The molecule has 0 spiro atoms. The van der Waals surface area contributed by atoms with Gasteiger partial charge >= 0.3 is 0 Å². The third-order valence-corrected chi connectivity index (χ3v) is 7.99. The van der Waals surface area contributed by atoms with Gasteiger partial charge in [0.05, 0.1) is 24.2 Å². The fourth-order valence-electron chi connectivity index (χ4n) is 4.38. The van der Waals surface area contributed by atoms with Gasteiger partial charge in [0.25, 0.3) is 10.0 Å². The largest absolute Gasteiger partial charge is 0.497 e. The van der Waals surface area contributed by atoms with E-state index in [1.54, 1.807) is 61.7 Å². The minimum Gasteiger partial charge on any atom is -0.497 e. The number of aliphatic hydroxyl groups is 1. The van der Waals surface area contributed by atoms with Crippen molar-refractivity contribution in [3.63, 3.8) is 0 Å². The second kappa shape index (κ2) is 12.5. The molecule has 0 unspecified atom stereocenters. The maximum atomic E-state index is 13.7. The van der Waals surface area contributed by atoms with Crippen molar-refractivity contribution in [2.75, 3.05) is 24.5 Å². The molecule has 2 N–H and O–H groups in total. The normalized spacial score (nSPS) is 12.3. The molecule has 1 atom stereocenters. The van der Waals surface area contributed by atoms with Crippen LogP contribution in [0.5, 0.6) is 5.75 Å². The molecule has 0 fully saturated rings. The Hall–Kier alpha value is -3.65. The van der Waals surface area contributed by atoms with Crippen LogP contribution in [0.4, 0.5) is 5.69 Å². The van der Waals surface area contributed by atoms with E-state index in [-0.39, 0.29) is 11.4 Å². The van der Waals surface area contributed by atoms with Crippen molar-refractivity contribution in [1.29, 1.82) is 0 Å². The van der Waals surface area contributed by atoms with Crippen molar-refractivity contribution < 1.29 is 23.2 Å². The first-order valence-electron chi connectivity index (χ1n) is 12.3. The van der Waals surface area contributed by atoms with Gasteiger partial charge in [-0.25, -0.2) is 8.42 Å². The van der Waals surface area contributed by atoms with Gasteiger partial charge < -0.3 is 14.7 Å². The molecule has 0 amide bonds. The number of aliphatic hydroxyl groups excluding tert-OH is 1. The number of nitrogens with one attached hydrogen (secondary N) is 1. The summed E-state index contributed by atoms with van der Waals surface area (Å²) in [6, 6.07) is 35.4. The smallest absolute Gasteiger partial charge is 0.264 e. The minimum atomic E-state index is -3.90. The van der Waals surface area contributed by atoms with Crippen LogP contribution in [0.3, 0.4) is 0 Å². The van der Waals surface area contributed by atoms with Crippen molar-refractivity contribution in [3.05, 3.63) is 126 Å². The SMILES string of the molecule is COc1ccc(N(C[C@@H](O)C[NH+](Cc2ccccc2)Cc2ccccc2)S(=O)(=O)c2ccccc2)cc1. The van der Waals surface area contributed by atoms with Gasteiger partial charge in [0, 0.05) is 11.1 Å². The predicted octanol–water partition coefficient (Wildman–Crippen LogP) is 3.54. The first-order valence-corrected chi connectivity index (χ1v) is 13.7. The lowest BCUT2D eigenvalue weighted by Crippen LogP contribution is -3.10. The van der Waals surface area contributed by atoms with Gasteiger partial charge in [-0.15, -0.1) is 0 Å². The number of quaternary nitrogens is 1. The highest BCUT2D eigenvalue weighted by Gasteiger charge is 2.29. The Bertz CT molecular complexity index is 1290. The van der Waals surface area contributed by atoms with Gasteiger partial charge in [-0.2, -0.15) is 0 Å². The number of hydrogen-bond donors (Lipinski definition) is 2. The van der Waals surface area contributed by atoms with Crippen molar-refractivity contribution in [2.45, 2.75) is 24.1 Å². The molecule has 0 aromatic heterocycles. The lowest BCUT2D eigenvalue weighted by molar-refractivity contribution is -0.930. The third kappa shape index (κ3) is 7.20. The van der Waals surface area contributed by atoms with E-state index in [9.17, 15) is 13.5 Å². The topological polar surface area (TPSA) is 71.3 Å². The van der Waals surface area contributed by atoms with Crippen molar-refractivity contribution in [3.8, 4) is 5.75 Å². The summed E-state index contributed by atoms with van der Waals surface area (Å²) in [7, 11) is -2.34. The number of ether oxygens (including phenoxy) is 1. The summed E-state index contributed by atoms with van der Waals surface area (Å²) in [5.41, 5.74) is 2.78. The zero-order valence-electron chi connectivity index (χ0n) is 20.9. The Morgan fingerprint density at radius 2 is 1.24 bits per heavy atom. The van der Waals surface area contributed by atoms with Gasteiger partial charge in [-0.1, -0.05) is 78.9 Å². The first kappa shape index (κ1) is 26.4. The average molecular weight is 518 g/mol. The second-order valence-corrected chi connectivity index (χ2v) is 10.8. The van der Waals surface area contributed by atoms with Crippen molar-refractivity contribution >= 4 is 15.7 Å². The van der Waals surface area contributed by atoms with Crippen LogP contribution in [0.2, 0.25) is 0 Å². The molecule has 0 heterocycles. The Balaban J connectivity index is 1.59. The number of rotatable bonds is 12. The number of hydrogen-bond acceptors (Lipinski definition) is 4. The zero-order chi connectivity index (χ0) is 26.1. The molecule has 0 bridgehead atoms. The molecule has 4 aromatic carbocycles. The lowest BCUT2D eigenvalue weighted by atomic mass is 10.1. The Morgan fingerprint density at radius 1 is 0.757 bits per heavy atom. The molecule has 0 aliphatic rings. The summed E-state index contributed by atoms with van der Waals surface area (Å²) in [6.45, 7) is 1.72. The van der Waals surface area contributed by atoms with Crippen LogP contribution >= 0.6 is 0 Å². The number of benzene rings is 4. The van der Waals surface area contributed by atoms with E-state index in [0.717, 1.165) is 16.0 Å². The van der Waals surface area contributed by atoms with Crippen LogP contribution in [0.1, 0.15) is 11.1 Å². The fourth-order valence-corrected chi connectivity index (χ4v) is 5.90. The van der Waals surface area contributed by atoms with Crippen molar-refractivity contribution in [2.24, 2.45) is 0 Å². The number of anilines is 1. The molecule has 0 aliphatic carbocycles. The summed E-state index contributed by atoms with van der Waals surface area (Å²) in [5, 5.41) is 11.3. The maximum Gasteiger partial charge on any atom is 0.264 e. The molecule has 4 aromatic rings. The van der Waals surface area contributed by atoms with E-state index in [1.165, 1.54) is 4.31 Å². The Kier molecular flexibility index (Phi) is 8.95. The van der Waals surface area contributed by atoms with E-state index in [4.69, 9.17) is 4.74 Å². The van der Waals surface area contributed by atoms with Crippen LogP contribution in [-0.4, -0.2) is 39.8 Å². The highest BCUT2D eigenvalue weighted by atomic mass is 32.2. The number of methoxy groups -OCH3 is 1. The molecular weight excluding hydrogens is 484 g/mol. The third-order valence-electron chi connectivity index (χ3n) is 6.19. The summed E-state index contributed by atoms with van der Waals surface area (Å²) in [5.74, 6) is 0.627. The second-order valence-electron chi connectivity index (χ2n) is 8.98. The monoisotopic (exact) mass is 517 g/mol. The maximum absolute atomic E-state index is 13.7. The van der Waals surface area contributed by atoms with E-state index in [2.05, 4.69) is 24.3 Å². The molecule has 4 rings (SSSR count). The first-order chi connectivity index (χ1) is 18.0. The summed E-state index contributed by atoms with van der Waals surface area (Å²) in [6.07, 6.45) is -0.900. The molecule has 0 aliphatic heterocycles. The Morgan fingerprint density at radius 3 is 1.73 bits per heavy atom. The van der Waals surface area contributed by atoms with E-state index in [1.807, 2.05) is 36.4 Å². The lowest BCUT2D eigenvalue weighted by Gasteiger charge is -2.29. The molecule has 0 saturated heterocycles. The van der Waals surface area contributed by atoms with Crippen LogP contribution in [0, 0.1) is 0 Å². The molecule has 192 valence electrons. The van der Waals surface area contributed by atoms with Crippen LogP contribution in [0.25, 0.3) is 0 Å². The molecular formula is C30H33N2O4S+. The van der Waals surface area contributed by atoms with Gasteiger partial charge in [0.2, 0.25) is 0 Å². The van der Waals surface area contributed by atoms with Crippen LogP contribution in [0.15, 0.2) is 120 Å². The van der Waals surface area contributed by atoms with Gasteiger partial charge in [0.15, 0.2) is 0 Å². The average Bonchev–Trinajstić information content (AvgIpc) is 2.93. The van der Waals surface area contributed by atoms with Crippen molar-refractivity contribution in [1.82, 2.24) is 0 Å². The summed E-state index contributed by atoms with van der Waals surface area (Å²) >= 11 is 0. The molecule has 6 nitrogen and oxygen atoms in total. The van der Waals surface area contributed by atoms with E-state index in [0.29, 0.717) is 31.1 Å². The van der Waals surface area contributed by atoms with Gasteiger partial charge in [-0.3, -0.25) is 4.31 Å². The van der Waals surface area contributed by atoms with Gasteiger partial charge in [0.1, 0.15) is 31.5 Å². The minimum absolute atomic E-state index is 0.0728. The molecule has 37 heavy (non-hydrogen) atoms. The standard InChI is InChI=1S/C30H32N2O4S/c1-36-29-19-17-27(18-20-29)32(37(34,35)30-15-9-4-10-16-30)24-28(33)23-31(21-25-11-5-2-6-12-25)22-26-13-7-3-8-14-26/h2-20,28,33H,21-24H2,1H3/p+1/t28-/m0/s1. The molecule has 0 radical (unpaired) electrons. The quantitative estimate of drug-likeness (QED) is 0.302. The molecule has 7 heteroatoms. The summed E-state index contributed by atoms with van der Waals surface area (Å²) < 4.78 is 33.9. The highest BCUT2D eigenvalue weighted by molar-refractivity contribution is 7.92. The predicted molar refractivity (Wildman–Crippen MR) is 146 cm³/mol. The number of sulfonamides is 1. The van der Waals surface area contributed by atoms with Crippen LogP contribution < -0.4 is 13.9 Å². The van der Waals surface area contributed by atoms with Gasteiger partial charge in [-0.05, 0) is 36.4 Å². The Labute approximate surface area is 219 Å². The van der Waals surface area contributed by atoms with E-state index >= 15 is 0 Å².